The summed E-state index contributed by atoms with van der Waals surface area (Å²) in [5, 5.41) is 4.48. The van der Waals surface area contributed by atoms with E-state index in [1.54, 1.807) is 23.6 Å². The maximum atomic E-state index is 12.3. The van der Waals surface area contributed by atoms with Crippen molar-refractivity contribution >= 4 is 27.3 Å². The first kappa shape index (κ1) is 17.7. The van der Waals surface area contributed by atoms with Gasteiger partial charge in [0.15, 0.2) is 11.5 Å². The van der Waals surface area contributed by atoms with Crippen molar-refractivity contribution < 1.29 is 22.7 Å². The maximum Gasteiger partial charge on any atom is 0.252 e. The highest BCUT2D eigenvalue weighted by molar-refractivity contribution is 7.91. The number of sulfonamides is 1. The molecule has 2 heterocycles. The fourth-order valence-electron chi connectivity index (χ4n) is 2.40. The number of ether oxygens (including phenoxy) is 2. The molecule has 25 heavy (non-hydrogen) atoms. The van der Waals surface area contributed by atoms with E-state index in [0.717, 1.165) is 21.2 Å². The standard InChI is InChI=1S/C16H18N2O5S2/c1-11(12-5-6-13-14(8-12)23-10-22-13)17-15(19)9-18(2)25(20,21)16-4-3-7-24-16/h3-8,11H,9-10H2,1-2H3,(H,17,19). The van der Waals surface area contributed by atoms with Gasteiger partial charge < -0.3 is 14.8 Å². The summed E-state index contributed by atoms with van der Waals surface area (Å²) in [6.45, 7) is 1.75. The molecule has 7 nitrogen and oxygen atoms in total. The van der Waals surface area contributed by atoms with Crippen LogP contribution in [0.15, 0.2) is 39.9 Å². The molecule has 9 heteroatoms. The summed E-state index contributed by atoms with van der Waals surface area (Å²) >= 11 is 1.12. The van der Waals surface area contributed by atoms with E-state index in [9.17, 15) is 13.2 Å². The summed E-state index contributed by atoms with van der Waals surface area (Å²) in [7, 11) is -2.26. The van der Waals surface area contributed by atoms with Gasteiger partial charge in [0.05, 0.1) is 12.6 Å². The number of carbonyl (C=O) groups excluding carboxylic acids is 1. The fraction of sp³-hybridized carbons (Fsp3) is 0.312. The summed E-state index contributed by atoms with van der Waals surface area (Å²) in [5.41, 5.74) is 0.848. The zero-order valence-electron chi connectivity index (χ0n) is 13.8. The van der Waals surface area contributed by atoms with Crippen LogP contribution in [0.3, 0.4) is 0 Å². The molecule has 0 spiro atoms. The molecule has 0 saturated carbocycles. The lowest BCUT2D eigenvalue weighted by Gasteiger charge is -2.19. The van der Waals surface area contributed by atoms with E-state index < -0.39 is 10.0 Å². The SMILES string of the molecule is CC(NC(=O)CN(C)S(=O)(=O)c1cccs1)c1ccc2c(c1)OCO2. The van der Waals surface area contributed by atoms with Gasteiger partial charge in [-0.1, -0.05) is 12.1 Å². The smallest absolute Gasteiger partial charge is 0.252 e. The van der Waals surface area contributed by atoms with Crippen molar-refractivity contribution in [3.63, 3.8) is 0 Å². The number of fused-ring (bicyclic) bond motifs is 1. The first-order valence-electron chi connectivity index (χ1n) is 7.56. The highest BCUT2D eigenvalue weighted by Crippen LogP contribution is 2.34. The number of amides is 1. The molecule has 1 aromatic carbocycles. The van der Waals surface area contributed by atoms with Gasteiger partial charge in [0.2, 0.25) is 12.7 Å². The van der Waals surface area contributed by atoms with E-state index in [-0.39, 0.29) is 29.5 Å². The van der Waals surface area contributed by atoms with Crippen LogP contribution in [0, 0.1) is 0 Å². The number of hydrogen-bond acceptors (Lipinski definition) is 6. The Morgan fingerprint density at radius 1 is 1.32 bits per heavy atom. The zero-order chi connectivity index (χ0) is 18.0. The van der Waals surface area contributed by atoms with Gasteiger partial charge in [0, 0.05) is 7.05 Å². The number of thiophene rings is 1. The molecule has 0 bridgehead atoms. The van der Waals surface area contributed by atoms with Crippen molar-refractivity contribution in [1.29, 1.82) is 0 Å². The van der Waals surface area contributed by atoms with Gasteiger partial charge in [0.25, 0.3) is 10.0 Å². The van der Waals surface area contributed by atoms with Gasteiger partial charge >= 0.3 is 0 Å². The zero-order valence-corrected chi connectivity index (χ0v) is 15.4. The molecule has 1 aliphatic heterocycles. The maximum absolute atomic E-state index is 12.3. The van der Waals surface area contributed by atoms with Crippen LogP contribution in [-0.2, 0) is 14.8 Å². The van der Waals surface area contributed by atoms with Crippen molar-refractivity contribution in [2.45, 2.75) is 17.2 Å². The van der Waals surface area contributed by atoms with Gasteiger partial charge in [-0.15, -0.1) is 11.3 Å². The molecule has 1 amide bonds. The second kappa shape index (κ2) is 7.03. The Morgan fingerprint density at radius 3 is 2.80 bits per heavy atom. The van der Waals surface area contributed by atoms with E-state index in [4.69, 9.17) is 9.47 Å². The van der Waals surface area contributed by atoms with Crippen LogP contribution in [0.1, 0.15) is 18.5 Å². The number of rotatable bonds is 6. The minimum absolute atomic E-state index is 0.185. The Bertz CT molecular complexity index is 865. The van der Waals surface area contributed by atoms with Crippen molar-refractivity contribution in [3.8, 4) is 11.5 Å². The van der Waals surface area contributed by atoms with E-state index >= 15 is 0 Å². The summed E-state index contributed by atoms with van der Waals surface area (Å²) in [6.07, 6.45) is 0. The quantitative estimate of drug-likeness (QED) is 0.826. The number of likely N-dealkylation sites (N-methyl/N-ethyl adjacent to an activating group) is 1. The molecule has 1 aromatic heterocycles. The lowest BCUT2D eigenvalue weighted by Crippen LogP contribution is -2.39. The minimum Gasteiger partial charge on any atom is -0.454 e. The lowest BCUT2D eigenvalue weighted by atomic mass is 10.1. The van der Waals surface area contributed by atoms with Crippen LogP contribution >= 0.6 is 11.3 Å². The molecule has 0 saturated heterocycles. The number of carbonyl (C=O) groups is 1. The van der Waals surface area contributed by atoms with Gasteiger partial charge in [-0.3, -0.25) is 4.79 Å². The average molecular weight is 382 g/mol. The Kier molecular flexibility index (Phi) is 4.98. The van der Waals surface area contributed by atoms with Crippen LogP contribution < -0.4 is 14.8 Å². The van der Waals surface area contributed by atoms with E-state index in [0.29, 0.717) is 11.5 Å². The Morgan fingerprint density at radius 2 is 2.08 bits per heavy atom. The summed E-state index contributed by atoms with van der Waals surface area (Å²) in [6, 6.07) is 8.31. The molecule has 3 rings (SSSR count). The van der Waals surface area contributed by atoms with Crippen LogP contribution in [0.2, 0.25) is 0 Å². The van der Waals surface area contributed by atoms with Crippen LogP contribution in [0.4, 0.5) is 0 Å². The molecule has 1 aliphatic rings. The van der Waals surface area contributed by atoms with E-state index in [1.165, 1.54) is 13.1 Å². The van der Waals surface area contributed by atoms with Crippen molar-refractivity contribution in [1.82, 2.24) is 9.62 Å². The average Bonchev–Trinajstić information content (AvgIpc) is 3.25. The van der Waals surface area contributed by atoms with E-state index in [1.807, 2.05) is 13.0 Å². The predicted molar refractivity (Wildman–Crippen MR) is 93.3 cm³/mol. The molecule has 134 valence electrons. The second-order valence-corrected chi connectivity index (χ2v) is 8.81. The molecule has 1 N–H and O–H groups in total. The monoisotopic (exact) mass is 382 g/mol. The topological polar surface area (TPSA) is 84.9 Å². The van der Waals surface area contributed by atoms with Gasteiger partial charge in [-0.05, 0) is 36.1 Å². The van der Waals surface area contributed by atoms with E-state index in [2.05, 4.69) is 5.32 Å². The molecule has 0 radical (unpaired) electrons. The Labute approximate surface area is 150 Å². The van der Waals surface area contributed by atoms with Gasteiger partial charge in [0.1, 0.15) is 4.21 Å². The molecular weight excluding hydrogens is 364 g/mol. The minimum atomic E-state index is -3.64. The van der Waals surface area contributed by atoms with Gasteiger partial charge in [-0.25, -0.2) is 8.42 Å². The van der Waals surface area contributed by atoms with Crippen molar-refractivity contribution in [3.05, 3.63) is 41.3 Å². The van der Waals surface area contributed by atoms with Crippen molar-refractivity contribution in [2.24, 2.45) is 0 Å². The third-order valence-corrected chi connectivity index (χ3v) is 6.98. The predicted octanol–water partition coefficient (Wildman–Crippen LogP) is 1.97. The summed E-state index contributed by atoms with van der Waals surface area (Å²) in [4.78, 5) is 12.2. The molecule has 2 aromatic rings. The van der Waals surface area contributed by atoms with Crippen LogP contribution in [-0.4, -0.2) is 39.0 Å². The third kappa shape index (κ3) is 3.78. The molecular formula is C16H18N2O5S2. The highest BCUT2D eigenvalue weighted by Gasteiger charge is 2.24. The molecule has 1 unspecified atom stereocenters. The normalized spacial score (nSPS) is 14.5. The first-order chi connectivity index (χ1) is 11.9. The molecule has 0 fully saturated rings. The first-order valence-corrected chi connectivity index (χ1v) is 9.88. The number of nitrogens with one attached hydrogen (secondary N) is 1. The number of nitrogens with zero attached hydrogens (tertiary/aromatic N) is 1. The number of hydrogen-bond donors (Lipinski definition) is 1. The van der Waals surface area contributed by atoms with Crippen LogP contribution in [0.5, 0.6) is 11.5 Å². The van der Waals surface area contributed by atoms with Crippen LogP contribution in [0.25, 0.3) is 0 Å². The largest absolute Gasteiger partial charge is 0.454 e. The Hall–Kier alpha value is -2.10. The van der Waals surface area contributed by atoms with Gasteiger partial charge in [-0.2, -0.15) is 4.31 Å². The third-order valence-electron chi connectivity index (χ3n) is 3.80. The second-order valence-electron chi connectivity index (χ2n) is 5.60. The highest BCUT2D eigenvalue weighted by atomic mass is 32.2. The van der Waals surface area contributed by atoms with Crippen molar-refractivity contribution in [2.75, 3.05) is 20.4 Å². The number of benzene rings is 1. The lowest BCUT2D eigenvalue weighted by molar-refractivity contribution is -0.121. The summed E-state index contributed by atoms with van der Waals surface area (Å²) < 4.78 is 36.5. The fourth-order valence-corrected chi connectivity index (χ4v) is 4.73. The summed E-state index contributed by atoms with van der Waals surface area (Å²) in [5.74, 6) is 0.924. The molecule has 0 aliphatic carbocycles. The Balaban J connectivity index is 1.62. The molecule has 1 atom stereocenters.